The van der Waals surface area contributed by atoms with E-state index in [2.05, 4.69) is 92.7 Å². The average molecular weight is 292 g/mol. The summed E-state index contributed by atoms with van der Waals surface area (Å²) in [6.07, 6.45) is 0. The third kappa shape index (κ3) is 3.20. The summed E-state index contributed by atoms with van der Waals surface area (Å²) in [5.41, 5.74) is 2.67. The van der Waals surface area contributed by atoms with Gasteiger partial charge in [0, 0.05) is 0 Å². The lowest BCUT2D eigenvalue weighted by molar-refractivity contribution is 1.26. The van der Waals surface area contributed by atoms with Crippen molar-refractivity contribution >= 4 is 10.9 Å². The fourth-order valence-electron chi connectivity index (χ4n) is 2.68. The van der Waals surface area contributed by atoms with E-state index in [1.807, 2.05) is 0 Å². The molecule has 0 aliphatic heterocycles. The number of hydrogen-bond donors (Lipinski definition) is 1. The molecule has 0 amide bonds. The molecule has 0 fully saturated rings. The molecule has 0 bridgehead atoms. The van der Waals surface area contributed by atoms with E-state index < -0.39 is 10.9 Å². The van der Waals surface area contributed by atoms with Crippen LogP contribution in [0.2, 0.25) is 0 Å². The first-order valence-electron chi connectivity index (χ1n) is 7.22. The van der Waals surface area contributed by atoms with Gasteiger partial charge in [-0.25, -0.2) is 0 Å². The Bertz CT molecular complexity index is 658. The Labute approximate surface area is 129 Å². The Morgan fingerprint density at radius 1 is 0.524 bits per heavy atom. The maximum atomic E-state index is 2.33. The predicted molar refractivity (Wildman–Crippen MR) is 92.6 cm³/mol. The standard InChI is InChI=1S/C20H20S/c1-16-13-17(2)15-20(14-16)21(18-9-5-3-6-10-18)19-11-7-4-8-12-19/h3-15,21H,1-2H3. The van der Waals surface area contributed by atoms with Crippen molar-refractivity contribution in [1.82, 2.24) is 0 Å². The van der Waals surface area contributed by atoms with E-state index in [1.165, 1.54) is 25.8 Å². The van der Waals surface area contributed by atoms with Crippen LogP contribution < -0.4 is 0 Å². The maximum Gasteiger partial charge on any atom is -0.00399 e. The van der Waals surface area contributed by atoms with Gasteiger partial charge in [0.2, 0.25) is 0 Å². The van der Waals surface area contributed by atoms with E-state index in [1.54, 1.807) is 0 Å². The van der Waals surface area contributed by atoms with Crippen LogP contribution in [0.15, 0.2) is 93.5 Å². The summed E-state index contributed by atoms with van der Waals surface area (Å²) in [6.45, 7) is 4.36. The molecule has 21 heavy (non-hydrogen) atoms. The molecule has 0 aliphatic rings. The fourth-order valence-corrected chi connectivity index (χ4v) is 5.18. The highest BCUT2D eigenvalue weighted by Gasteiger charge is 2.12. The van der Waals surface area contributed by atoms with Crippen LogP contribution in [0.25, 0.3) is 0 Å². The summed E-state index contributed by atoms with van der Waals surface area (Å²) >= 11 is 0. The van der Waals surface area contributed by atoms with Crippen LogP contribution in [0.1, 0.15) is 11.1 Å². The number of benzene rings is 3. The minimum Gasteiger partial charge on any atom is -0.173 e. The van der Waals surface area contributed by atoms with Crippen LogP contribution in [0.3, 0.4) is 0 Å². The van der Waals surface area contributed by atoms with Crippen molar-refractivity contribution in [2.75, 3.05) is 0 Å². The van der Waals surface area contributed by atoms with E-state index in [9.17, 15) is 0 Å². The van der Waals surface area contributed by atoms with Gasteiger partial charge < -0.3 is 0 Å². The van der Waals surface area contributed by atoms with Gasteiger partial charge in [0.25, 0.3) is 0 Å². The summed E-state index contributed by atoms with van der Waals surface area (Å²) < 4.78 is 0. The normalized spacial score (nSPS) is 11.2. The Hall–Kier alpha value is -1.99. The molecule has 0 atom stereocenters. The monoisotopic (exact) mass is 292 g/mol. The van der Waals surface area contributed by atoms with Crippen molar-refractivity contribution < 1.29 is 0 Å². The van der Waals surface area contributed by atoms with Gasteiger partial charge in [0.15, 0.2) is 0 Å². The number of thiol groups is 1. The number of aryl methyl sites for hydroxylation is 2. The summed E-state index contributed by atoms with van der Waals surface area (Å²) in [7, 11) is -0.478. The zero-order chi connectivity index (χ0) is 14.7. The van der Waals surface area contributed by atoms with Crippen molar-refractivity contribution in [3.63, 3.8) is 0 Å². The highest BCUT2D eigenvalue weighted by Crippen LogP contribution is 2.51. The lowest BCUT2D eigenvalue weighted by Gasteiger charge is -2.24. The van der Waals surface area contributed by atoms with Crippen LogP contribution in [-0.4, -0.2) is 0 Å². The van der Waals surface area contributed by atoms with E-state index in [0.717, 1.165) is 0 Å². The van der Waals surface area contributed by atoms with Gasteiger partial charge in [-0.05, 0) is 76.1 Å². The molecule has 0 aliphatic carbocycles. The quantitative estimate of drug-likeness (QED) is 0.581. The molecule has 0 aromatic heterocycles. The van der Waals surface area contributed by atoms with Gasteiger partial charge in [-0.15, -0.1) is 0 Å². The Morgan fingerprint density at radius 2 is 0.952 bits per heavy atom. The molecule has 0 heterocycles. The molecule has 0 unspecified atom stereocenters. The molecule has 3 aromatic carbocycles. The van der Waals surface area contributed by atoms with E-state index in [0.29, 0.717) is 0 Å². The van der Waals surface area contributed by atoms with Crippen LogP contribution >= 0.6 is 10.9 Å². The Balaban J connectivity index is 2.17. The van der Waals surface area contributed by atoms with Crippen LogP contribution in [0, 0.1) is 13.8 Å². The van der Waals surface area contributed by atoms with Crippen molar-refractivity contribution in [3.8, 4) is 0 Å². The number of hydrogen-bond acceptors (Lipinski definition) is 0. The number of rotatable bonds is 3. The fraction of sp³-hybridized carbons (Fsp3) is 0.100. The topological polar surface area (TPSA) is 0 Å². The van der Waals surface area contributed by atoms with Gasteiger partial charge in [-0.1, -0.05) is 42.5 Å². The third-order valence-corrected chi connectivity index (χ3v) is 5.90. The molecule has 0 radical (unpaired) electrons. The zero-order valence-electron chi connectivity index (χ0n) is 12.5. The molecule has 0 nitrogen and oxygen atoms in total. The van der Waals surface area contributed by atoms with Gasteiger partial charge >= 0.3 is 0 Å². The van der Waals surface area contributed by atoms with Crippen LogP contribution in [0.4, 0.5) is 0 Å². The smallest absolute Gasteiger partial charge is 0.00399 e. The third-order valence-electron chi connectivity index (χ3n) is 3.49. The second-order valence-electron chi connectivity index (χ2n) is 5.35. The first-order chi connectivity index (χ1) is 10.2. The first kappa shape index (κ1) is 14.0. The summed E-state index contributed by atoms with van der Waals surface area (Å²) in [4.78, 5) is 4.24. The molecule has 0 saturated carbocycles. The Morgan fingerprint density at radius 3 is 1.38 bits per heavy atom. The zero-order valence-corrected chi connectivity index (χ0v) is 13.3. The lowest BCUT2D eigenvalue weighted by Crippen LogP contribution is -1.90. The summed E-state index contributed by atoms with van der Waals surface area (Å²) in [5.74, 6) is 0. The molecule has 3 rings (SSSR count). The van der Waals surface area contributed by atoms with Crippen molar-refractivity contribution in [2.24, 2.45) is 0 Å². The van der Waals surface area contributed by atoms with Crippen molar-refractivity contribution in [3.05, 3.63) is 90.0 Å². The highest BCUT2D eigenvalue weighted by atomic mass is 32.2. The minimum atomic E-state index is -0.478. The first-order valence-corrected chi connectivity index (χ1v) is 8.57. The second kappa shape index (κ2) is 6.19. The molecular formula is C20H20S. The minimum absolute atomic E-state index is 0.478. The van der Waals surface area contributed by atoms with E-state index in [-0.39, 0.29) is 0 Å². The SMILES string of the molecule is Cc1cc(C)cc([SH](c2ccccc2)c2ccccc2)c1. The molecule has 0 N–H and O–H groups in total. The van der Waals surface area contributed by atoms with Gasteiger partial charge in [-0.2, -0.15) is 10.9 Å². The van der Waals surface area contributed by atoms with Gasteiger partial charge in [-0.3, -0.25) is 0 Å². The van der Waals surface area contributed by atoms with Crippen LogP contribution in [0.5, 0.6) is 0 Å². The summed E-state index contributed by atoms with van der Waals surface area (Å²) in [6, 6.07) is 28.6. The van der Waals surface area contributed by atoms with Crippen molar-refractivity contribution in [2.45, 2.75) is 28.5 Å². The molecule has 1 heteroatoms. The largest absolute Gasteiger partial charge is 0.173 e. The molecule has 3 aromatic rings. The van der Waals surface area contributed by atoms with Gasteiger partial charge in [0.05, 0.1) is 0 Å². The molecule has 106 valence electrons. The maximum absolute atomic E-state index is 2.33. The van der Waals surface area contributed by atoms with E-state index >= 15 is 0 Å². The van der Waals surface area contributed by atoms with E-state index in [4.69, 9.17) is 0 Å². The van der Waals surface area contributed by atoms with Crippen molar-refractivity contribution in [1.29, 1.82) is 0 Å². The Kier molecular flexibility index (Phi) is 4.12. The highest BCUT2D eigenvalue weighted by molar-refractivity contribution is 8.17. The van der Waals surface area contributed by atoms with Crippen LogP contribution in [-0.2, 0) is 0 Å². The predicted octanol–water partition coefficient (Wildman–Crippen LogP) is 5.78. The molecular weight excluding hydrogens is 272 g/mol. The van der Waals surface area contributed by atoms with Gasteiger partial charge in [0.1, 0.15) is 0 Å². The lowest BCUT2D eigenvalue weighted by atomic mass is 10.2. The molecule has 0 spiro atoms. The average Bonchev–Trinajstić information content (AvgIpc) is 2.49. The second-order valence-corrected chi connectivity index (χ2v) is 7.57. The summed E-state index contributed by atoms with van der Waals surface area (Å²) in [5, 5.41) is 0. The molecule has 0 saturated heterocycles.